The van der Waals surface area contributed by atoms with Gasteiger partial charge in [0.1, 0.15) is 5.69 Å². The summed E-state index contributed by atoms with van der Waals surface area (Å²) in [5.74, 6) is 0.941. The van der Waals surface area contributed by atoms with Crippen LogP contribution in [0.2, 0.25) is 10.3 Å². The zero-order valence-corrected chi connectivity index (χ0v) is 11.4. The van der Waals surface area contributed by atoms with Crippen molar-refractivity contribution in [1.82, 2.24) is 9.97 Å². The van der Waals surface area contributed by atoms with Crippen LogP contribution >= 0.6 is 35.0 Å². The maximum absolute atomic E-state index is 5.72. The van der Waals surface area contributed by atoms with E-state index < -0.39 is 0 Å². The van der Waals surface area contributed by atoms with Crippen molar-refractivity contribution in [3.8, 4) is 0 Å². The Hall–Kier alpha value is -0.190. The second kappa shape index (κ2) is 8.02. The van der Waals surface area contributed by atoms with Crippen LogP contribution in [0.5, 0.6) is 0 Å². The Morgan fingerprint density at radius 2 is 1.67 bits per heavy atom. The number of thioether (sulfide) groups is 1. The highest BCUT2D eigenvalue weighted by Gasteiger charge is 2.07. The molecule has 0 aliphatic carbocycles. The van der Waals surface area contributed by atoms with Gasteiger partial charge in [-0.15, -0.1) is 0 Å². The fourth-order valence-electron chi connectivity index (χ4n) is 0.656. The minimum atomic E-state index is 0.221. The first-order valence-corrected chi connectivity index (χ1v) is 6.50. The predicted molar refractivity (Wildman–Crippen MR) is 68.8 cm³/mol. The Balaban J connectivity index is 0.000000921. The Kier molecular flexibility index (Phi) is 7.92. The number of anilines is 1. The third-order valence-corrected chi connectivity index (χ3v) is 2.90. The molecule has 1 heterocycles. The fourth-order valence-corrected chi connectivity index (χ4v) is 1.84. The second-order valence-electron chi connectivity index (χ2n) is 2.35. The molecule has 15 heavy (non-hydrogen) atoms. The zero-order chi connectivity index (χ0) is 11.8. The number of hydrogen-bond donors (Lipinski definition) is 1. The average Bonchev–Trinajstić information content (AvgIpc) is 2.25. The molecule has 1 rings (SSSR count). The number of nitrogens with zero attached hydrogens (tertiary/aromatic N) is 2. The van der Waals surface area contributed by atoms with Gasteiger partial charge >= 0.3 is 0 Å². The molecule has 0 spiro atoms. The summed E-state index contributed by atoms with van der Waals surface area (Å²) >= 11 is 13.0. The van der Waals surface area contributed by atoms with Crippen molar-refractivity contribution in [3.63, 3.8) is 0 Å². The van der Waals surface area contributed by atoms with E-state index >= 15 is 0 Å². The lowest BCUT2D eigenvalue weighted by Gasteiger charge is -2.02. The van der Waals surface area contributed by atoms with Gasteiger partial charge in [0.05, 0.1) is 0 Å². The lowest BCUT2D eigenvalue weighted by Crippen LogP contribution is -1.96. The average molecular weight is 268 g/mol. The van der Waals surface area contributed by atoms with Gasteiger partial charge < -0.3 is 5.73 Å². The van der Waals surface area contributed by atoms with E-state index in [0.29, 0.717) is 5.16 Å². The summed E-state index contributed by atoms with van der Waals surface area (Å²) in [6.45, 7) is 6.08. The molecule has 6 heteroatoms. The standard InChI is InChI=1S/C7H9Cl2N3S.C2H6/c1-2-3-13-7-11-5(8)4(10)6(9)12-7;1-2/h2-3,10H2,1H3;1-2H3. The van der Waals surface area contributed by atoms with Gasteiger partial charge in [0.2, 0.25) is 0 Å². The van der Waals surface area contributed by atoms with E-state index in [0.717, 1.165) is 12.2 Å². The van der Waals surface area contributed by atoms with Crippen molar-refractivity contribution in [2.75, 3.05) is 11.5 Å². The summed E-state index contributed by atoms with van der Waals surface area (Å²) in [7, 11) is 0. The van der Waals surface area contributed by atoms with Crippen LogP contribution in [0.25, 0.3) is 0 Å². The van der Waals surface area contributed by atoms with Crippen LogP contribution in [0.1, 0.15) is 27.2 Å². The molecule has 0 saturated carbocycles. The molecule has 0 aliphatic rings. The lowest BCUT2D eigenvalue weighted by atomic mass is 10.6. The topological polar surface area (TPSA) is 51.8 Å². The number of aromatic nitrogens is 2. The molecule has 0 saturated heterocycles. The Labute approximate surface area is 105 Å². The van der Waals surface area contributed by atoms with Gasteiger partial charge in [-0.25, -0.2) is 9.97 Å². The van der Waals surface area contributed by atoms with E-state index in [2.05, 4.69) is 16.9 Å². The summed E-state index contributed by atoms with van der Waals surface area (Å²) in [4.78, 5) is 7.96. The summed E-state index contributed by atoms with van der Waals surface area (Å²) in [5.41, 5.74) is 5.72. The molecule has 86 valence electrons. The van der Waals surface area contributed by atoms with Crippen LogP contribution in [-0.2, 0) is 0 Å². The first-order chi connectivity index (χ1) is 7.15. The first kappa shape index (κ1) is 14.8. The summed E-state index contributed by atoms with van der Waals surface area (Å²) in [5, 5.41) is 1.02. The molecule has 0 amide bonds. The van der Waals surface area contributed by atoms with Gasteiger partial charge in [0, 0.05) is 5.75 Å². The van der Waals surface area contributed by atoms with Crippen LogP contribution < -0.4 is 5.73 Å². The van der Waals surface area contributed by atoms with E-state index in [9.17, 15) is 0 Å². The number of nitrogens with two attached hydrogens (primary N) is 1. The molecule has 0 radical (unpaired) electrons. The van der Waals surface area contributed by atoms with Crippen molar-refractivity contribution >= 4 is 40.7 Å². The van der Waals surface area contributed by atoms with Crippen molar-refractivity contribution in [3.05, 3.63) is 10.3 Å². The van der Waals surface area contributed by atoms with Crippen molar-refractivity contribution in [2.45, 2.75) is 32.3 Å². The minimum Gasteiger partial charge on any atom is -0.394 e. The SMILES string of the molecule is CC.CCCSc1nc(Cl)c(N)c(Cl)n1. The molecule has 0 fully saturated rings. The second-order valence-corrected chi connectivity index (χ2v) is 4.13. The van der Waals surface area contributed by atoms with Crippen LogP contribution in [0.15, 0.2) is 5.16 Å². The fraction of sp³-hybridized carbons (Fsp3) is 0.556. The minimum absolute atomic E-state index is 0.221. The van der Waals surface area contributed by atoms with Crippen LogP contribution in [0.4, 0.5) is 5.69 Å². The van der Waals surface area contributed by atoms with Crippen LogP contribution in [0.3, 0.4) is 0 Å². The molecule has 0 aromatic carbocycles. The highest BCUT2D eigenvalue weighted by atomic mass is 35.5. The first-order valence-electron chi connectivity index (χ1n) is 4.76. The zero-order valence-electron chi connectivity index (χ0n) is 9.05. The number of hydrogen-bond acceptors (Lipinski definition) is 4. The molecule has 0 unspecified atom stereocenters. The Bertz CT molecular complexity index is 284. The van der Waals surface area contributed by atoms with E-state index in [1.165, 1.54) is 11.8 Å². The van der Waals surface area contributed by atoms with E-state index in [1.807, 2.05) is 13.8 Å². The molecule has 2 N–H and O–H groups in total. The normalized spacial score (nSPS) is 9.40. The number of nitrogen functional groups attached to an aromatic ring is 1. The van der Waals surface area contributed by atoms with Crippen molar-refractivity contribution in [2.24, 2.45) is 0 Å². The van der Waals surface area contributed by atoms with Gasteiger partial charge in [0.15, 0.2) is 15.5 Å². The molecular formula is C9H15Cl2N3S. The van der Waals surface area contributed by atoms with Gasteiger partial charge in [0.25, 0.3) is 0 Å². The van der Waals surface area contributed by atoms with Crippen molar-refractivity contribution in [1.29, 1.82) is 0 Å². The maximum Gasteiger partial charge on any atom is 0.190 e. The monoisotopic (exact) mass is 267 g/mol. The number of halogens is 2. The third-order valence-electron chi connectivity index (χ3n) is 1.27. The quantitative estimate of drug-likeness (QED) is 0.513. The van der Waals surface area contributed by atoms with E-state index in [-0.39, 0.29) is 16.0 Å². The predicted octanol–water partition coefficient (Wildman–Crippen LogP) is 3.89. The highest BCUT2D eigenvalue weighted by molar-refractivity contribution is 7.99. The molecule has 0 atom stereocenters. The van der Waals surface area contributed by atoms with Gasteiger partial charge in [-0.05, 0) is 6.42 Å². The van der Waals surface area contributed by atoms with Gasteiger partial charge in [-0.3, -0.25) is 0 Å². The van der Waals surface area contributed by atoms with Crippen LogP contribution in [0, 0.1) is 0 Å². The van der Waals surface area contributed by atoms with E-state index in [1.54, 1.807) is 0 Å². The summed E-state index contributed by atoms with van der Waals surface area (Å²) in [6, 6.07) is 0. The Morgan fingerprint density at radius 1 is 1.20 bits per heavy atom. The maximum atomic E-state index is 5.72. The molecule has 0 aliphatic heterocycles. The van der Waals surface area contributed by atoms with Gasteiger partial charge in [-0.2, -0.15) is 0 Å². The van der Waals surface area contributed by atoms with Crippen LogP contribution in [-0.4, -0.2) is 15.7 Å². The molecule has 1 aromatic heterocycles. The Morgan fingerprint density at radius 3 is 2.07 bits per heavy atom. The third kappa shape index (κ3) is 4.91. The number of rotatable bonds is 3. The molecule has 1 aromatic rings. The molecular weight excluding hydrogens is 253 g/mol. The summed E-state index contributed by atoms with van der Waals surface area (Å²) in [6.07, 6.45) is 1.05. The molecule has 0 bridgehead atoms. The highest BCUT2D eigenvalue weighted by Crippen LogP contribution is 2.26. The largest absolute Gasteiger partial charge is 0.394 e. The van der Waals surface area contributed by atoms with Crippen molar-refractivity contribution < 1.29 is 0 Å². The van der Waals surface area contributed by atoms with E-state index in [4.69, 9.17) is 28.9 Å². The lowest BCUT2D eigenvalue weighted by molar-refractivity contribution is 0.966. The molecule has 3 nitrogen and oxygen atoms in total. The summed E-state index contributed by atoms with van der Waals surface area (Å²) < 4.78 is 0. The smallest absolute Gasteiger partial charge is 0.190 e. The van der Waals surface area contributed by atoms with Gasteiger partial charge in [-0.1, -0.05) is 55.7 Å².